The number of benzene rings is 2. The van der Waals surface area contributed by atoms with Crippen LogP contribution in [-0.4, -0.2) is 18.9 Å². The van der Waals surface area contributed by atoms with Gasteiger partial charge in [0.2, 0.25) is 11.8 Å². The van der Waals surface area contributed by atoms with Crippen molar-refractivity contribution in [3.05, 3.63) is 53.1 Å². The first kappa shape index (κ1) is 17.3. The molecule has 3 rings (SSSR count). The molecule has 0 radical (unpaired) electrons. The summed E-state index contributed by atoms with van der Waals surface area (Å²) in [5.41, 5.74) is 2.45. The zero-order valence-corrected chi connectivity index (χ0v) is 14.8. The number of nitrogens with one attached hydrogen (secondary N) is 2. The Balaban J connectivity index is 1.55. The van der Waals surface area contributed by atoms with Crippen LogP contribution in [0.5, 0.6) is 5.75 Å². The zero-order valence-electron chi connectivity index (χ0n) is 14.0. The summed E-state index contributed by atoms with van der Waals surface area (Å²) in [5, 5.41) is 6.06. The minimum atomic E-state index is -0.314. The fourth-order valence-corrected chi connectivity index (χ4v) is 2.88. The monoisotopic (exact) mass is 358 g/mol. The van der Waals surface area contributed by atoms with Crippen LogP contribution in [0.1, 0.15) is 12.0 Å². The number of ether oxygens (including phenoxy) is 1. The quantitative estimate of drug-likeness (QED) is 0.852. The summed E-state index contributed by atoms with van der Waals surface area (Å²) in [6.07, 6.45) is 0.549. The summed E-state index contributed by atoms with van der Waals surface area (Å²) in [7, 11) is 1.53. The number of amides is 2. The van der Waals surface area contributed by atoms with Gasteiger partial charge in [-0.15, -0.1) is 0 Å². The van der Waals surface area contributed by atoms with Gasteiger partial charge in [0.05, 0.1) is 24.0 Å². The molecule has 25 heavy (non-hydrogen) atoms. The summed E-state index contributed by atoms with van der Waals surface area (Å²) < 4.78 is 5.08. The van der Waals surface area contributed by atoms with E-state index in [1.54, 1.807) is 18.2 Å². The lowest BCUT2D eigenvalue weighted by Gasteiger charge is -2.08. The van der Waals surface area contributed by atoms with E-state index in [2.05, 4.69) is 10.6 Å². The zero-order chi connectivity index (χ0) is 18.0. The van der Waals surface area contributed by atoms with Gasteiger partial charge in [-0.2, -0.15) is 0 Å². The van der Waals surface area contributed by atoms with E-state index in [1.807, 2.05) is 31.2 Å². The number of methoxy groups -OCH3 is 1. The Morgan fingerprint density at radius 1 is 1.00 bits per heavy atom. The highest BCUT2D eigenvalue weighted by molar-refractivity contribution is 6.32. The molecule has 0 heterocycles. The van der Waals surface area contributed by atoms with Crippen LogP contribution in [0, 0.1) is 18.8 Å². The summed E-state index contributed by atoms with van der Waals surface area (Å²) in [6, 6.07) is 12.6. The molecule has 2 amide bonds. The first-order valence-corrected chi connectivity index (χ1v) is 8.37. The van der Waals surface area contributed by atoms with Crippen molar-refractivity contribution in [2.45, 2.75) is 13.3 Å². The highest BCUT2D eigenvalue weighted by Gasteiger charge is 2.48. The smallest absolute Gasteiger partial charge is 0.228 e. The van der Waals surface area contributed by atoms with Gasteiger partial charge in [0.15, 0.2) is 0 Å². The number of aryl methyl sites for hydroxylation is 1. The van der Waals surface area contributed by atoms with Gasteiger partial charge in [0.1, 0.15) is 5.75 Å². The van der Waals surface area contributed by atoms with Crippen LogP contribution in [-0.2, 0) is 9.59 Å². The third-order valence-corrected chi connectivity index (χ3v) is 4.50. The van der Waals surface area contributed by atoms with E-state index in [1.165, 1.54) is 7.11 Å². The van der Waals surface area contributed by atoms with Crippen molar-refractivity contribution in [2.75, 3.05) is 17.7 Å². The van der Waals surface area contributed by atoms with Crippen molar-refractivity contribution in [3.63, 3.8) is 0 Å². The van der Waals surface area contributed by atoms with Crippen molar-refractivity contribution < 1.29 is 14.3 Å². The summed E-state index contributed by atoms with van der Waals surface area (Å²) in [5.74, 6) is -0.371. The summed E-state index contributed by atoms with van der Waals surface area (Å²) >= 11 is 6.05. The van der Waals surface area contributed by atoms with Crippen LogP contribution in [0.3, 0.4) is 0 Å². The topological polar surface area (TPSA) is 67.4 Å². The van der Waals surface area contributed by atoms with Gasteiger partial charge in [-0.05, 0) is 43.7 Å². The van der Waals surface area contributed by atoms with Crippen LogP contribution >= 0.6 is 11.6 Å². The first-order chi connectivity index (χ1) is 12.0. The highest BCUT2D eigenvalue weighted by atomic mass is 35.5. The maximum Gasteiger partial charge on any atom is 0.228 e. The Morgan fingerprint density at radius 2 is 1.56 bits per heavy atom. The molecule has 2 unspecified atom stereocenters. The Labute approximate surface area is 151 Å². The van der Waals surface area contributed by atoms with Crippen molar-refractivity contribution in [1.29, 1.82) is 0 Å². The van der Waals surface area contributed by atoms with Crippen LogP contribution < -0.4 is 15.4 Å². The fraction of sp³-hybridized carbons (Fsp3) is 0.263. The van der Waals surface area contributed by atoms with Crippen LogP contribution in [0.15, 0.2) is 42.5 Å². The van der Waals surface area contributed by atoms with Gasteiger partial charge >= 0.3 is 0 Å². The third-order valence-electron chi connectivity index (χ3n) is 4.20. The van der Waals surface area contributed by atoms with Crippen molar-refractivity contribution in [1.82, 2.24) is 0 Å². The second-order valence-corrected chi connectivity index (χ2v) is 6.55. The molecular weight excluding hydrogens is 340 g/mol. The van der Waals surface area contributed by atoms with E-state index in [4.69, 9.17) is 16.3 Å². The standard InChI is InChI=1S/C19H19ClN2O3/c1-11-3-5-12(6-4-11)21-18(23)14-10-15(14)19(24)22-13-7-8-17(25-2)16(20)9-13/h3-9,14-15H,10H2,1-2H3,(H,21,23)(H,22,24). The minimum absolute atomic E-state index is 0.128. The second-order valence-electron chi connectivity index (χ2n) is 6.14. The van der Waals surface area contributed by atoms with Gasteiger partial charge in [-0.1, -0.05) is 29.3 Å². The van der Waals surface area contributed by atoms with Gasteiger partial charge in [-0.3, -0.25) is 9.59 Å². The molecule has 6 heteroatoms. The first-order valence-electron chi connectivity index (χ1n) is 8.00. The average Bonchev–Trinajstić information content (AvgIpc) is 3.38. The predicted octanol–water partition coefficient (Wildman–Crippen LogP) is 3.87. The Kier molecular flexibility index (Phi) is 4.95. The SMILES string of the molecule is COc1ccc(NC(=O)C2CC2C(=O)Nc2ccc(C)cc2)cc1Cl. The molecule has 0 aliphatic heterocycles. The van der Waals surface area contributed by atoms with E-state index < -0.39 is 0 Å². The van der Waals surface area contributed by atoms with Crippen LogP contribution in [0.25, 0.3) is 0 Å². The third kappa shape index (κ3) is 4.12. The van der Waals surface area contributed by atoms with Crippen molar-refractivity contribution in [2.24, 2.45) is 11.8 Å². The Hall–Kier alpha value is -2.53. The Morgan fingerprint density at radius 3 is 2.12 bits per heavy atom. The molecule has 1 aliphatic carbocycles. The second kappa shape index (κ2) is 7.15. The number of rotatable bonds is 5. The minimum Gasteiger partial charge on any atom is -0.495 e. The summed E-state index contributed by atoms with van der Waals surface area (Å²) in [4.78, 5) is 24.5. The molecule has 130 valence electrons. The molecule has 1 fully saturated rings. The van der Waals surface area contributed by atoms with Gasteiger partial charge in [0, 0.05) is 11.4 Å². The molecule has 5 nitrogen and oxygen atoms in total. The lowest BCUT2D eigenvalue weighted by Crippen LogP contribution is -2.20. The highest BCUT2D eigenvalue weighted by Crippen LogP contribution is 2.40. The molecule has 0 saturated heterocycles. The van der Waals surface area contributed by atoms with Gasteiger partial charge in [0.25, 0.3) is 0 Å². The molecule has 0 aromatic heterocycles. The fourth-order valence-electron chi connectivity index (χ4n) is 2.63. The lowest BCUT2D eigenvalue weighted by molar-refractivity contribution is -0.122. The van der Waals surface area contributed by atoms with Gasteiger partial charge < -0.3 is 15.4 Å². The molecule has 2 aromatic carbocycles. The number of carbonyl (C=O) groups excluding carboxylic acids is 2. The molecule has 1 saturated carbocycles. The normalized spacial score (nSPS) is 18.4. The van der Waals surface area contributed by atoms with E-state index >= 15 is 0 Å². The number of hydrogen-bond acceptors (Lipinski definition) is 3. The maximum absolute atomic E-state index is 12.3. The van der Waals surface area contributed by atoms with Crippen LogP contribution in [0.4, 0.5) is 11.4 Å². The largest absolute Gasteiger partial charge is 0.495 e. The number of carbonyl (C=O) groups is 2. The molecule has 2 atom stereocenters. The van der Waals surface area contributed by atoms with E-state index in [9.17, 15) is 9.59 Å². The van der Waals surface area contributed by atoms with Crippen molar-refractivity contribution >= 4 is 34.8 Å². The van der Waals surface area contributed by atoms with E-state index in [0.29, 0.717) is 22.9 Å². The average molecular weight is 359 g/mol. The molecular formula is C19H19ClN2O3. The molecule has 2 N–H and O–H groups in total. The molecule has 2 aromatic rings. The Bertz CT molecular complexity index is 805. The maximum atomic E-state index is 12.3. The number of anilines is 2. The van der Waals surface area contributed by atoms with Crippen LogP contribution in [0.2, 0.25) is 5.02 Å². The van der Waals surface area contributed by atoms with Gasteiger partial charge in [-0.25, -0.2) is 0 Å². The number of halogens is 1. The lowest BCUT2D eigenvalue weighted by atomic mass is 10.2. The van der Waals surface area contributed by atoms with E-state index in [-0.39, 0.29) is 23.7 Å². The molecule has 0 bridgehead atoms. The molecule has 1 aliphatic rings. The number of hydrogen-bond donors (Lipinski definition) is 2. The van der Waals surface area contributed by atoms with Crippen molar-refractivity contribution in [3.8, 4) is 5.75 Å². The van der Waals surface area contributed by atoms with E-state index in [0.717, 1.165) is 11.3 Å². The predicted molar refractivity (Wildman–Crippen MR) is 98.0 cm³/mol. The summed E-state index contributed by atoms with van der Waals surface area (Å²) in [6.45, 7) is 1.98. The molecule has 0 spiro atoms.